The maximum Gasteiger partial charge on any atom is 0.227 e. The predicted molar refractivity (Wildman–Crippen MR) is 97.7 cm³/mol. The molecule has 1 heterocycles. The summed E-state index contributed by atoms with van der Waals surface area (Å²) in [5.74, 6) is 0.228. The molecule has 130 valence electrons. The number of thiazole rings is 1. The van der Waals surface area contributed by atoms with E-state index in [1.165, 1.54) is 17.4 Å². The lowest BCUT2D eigenvalue weighted by atomic mass is 10.1. The summed E-state index contributed by atoms with van der Waals surface area (Å²) in [4.78, 5) is 17.5. The molecule has 0 radical (unpaired) electrons. The summed E-state index contributed by atoms with van der Waals surface area (Å²) in [6, 6.07) is 6.82. The van der Waals surface area contributed by atoms with Gasteiger partial charge in [-0.1, -0.05) is 18.2 Å². The predicted octanol–water partition coefficient (Wildman–Crippen LogP) is 3.72. The minimum atomic E-state index is -0.192. The van der Waals surface area contributed by atoms with Crippen LogP contribution in [-0.2, 0) is 11.2 Å². The largest absolute Gasteiger partial charge is 0.319 e. The molecule has 0 spiro atoms. The molecule has 1 saturated carbocycles. The molecular formula is C17H21ClFN3OS. The molecule has 1 fully saturated rings. The summed E-state index contributed by atoms with van der Waals surface area (Å²) in [7, 11) is 1.81. The second-order valence-corrected chi connectivity index (χ2v) is 6.86. The zero-order chi connectivity index (χ0) is 16.2. The fourth-order valence-electron chi connectivity index (χ4n) is 2.45. The van der Waals surface area contributed by atoms with Crippen LogP contribution in [0.3, 0.4) is 0 Å². The highest BCUT2D eigenvalue weighted by atomic mass is 35.5. The minimum absolute atomic E-state index is 0. The molecule has 2 aromatic rings. The molecule has 1 amide bonds. The molecule has 2 N–H and O–H groups in total. The van der Waals surface area contributed by atoms with Crippen LogP contribution in [-0.4, -0.2) is 24.5 Å². The van der Waals surface area contributed by atoms with Crippen molar-refractivity contribution in [3.05, 3.63) is 46.2 Å². The van der Waals surface area contributed by atoms with Crippen molar-refractivity contribution in [2.45, 2.75) is 31.6 Å². The van der Waals surface area contributed by atoms with E-state index in [2.05, 4.69) is 15.6 Å². The molecule has 3 rings (SSSR count). The monoisotopic (exact) mass is 369 g/mol. The topological polar surface area (TPSA) is 54.0 Å². The first-order valence-corrected chi connectivity index (χ1v) is 8.66. The van der Waals surface area contributed by atoms with Crippen molar-refractivity contribution in [1.82, 2.24) is 10.3 Å². The Labute approximate surface area is 151 Å². The molecule has 0 saturated heterocycles. The molecule has 0 unspecified atom stereocenters. The number of aromatic nitrogens is 1. The molecule has 1 aromatic heterocycles. The minimum Gasteiger partial charge on any atom is -0.319 e. The van der Waals surface area contributed by atoms with Gasteiger partial charge in [-0.2, -0.15) is 0 Å². The Morgan fingerprint density at radius 2 is 2.12 bits per heavy atom. The SMILES string of the molecule is CNCCC(=O)Nc1nc(C2CC2)c(Cc2ccccc2F)s1.Cl. The molecule has 1 aliphatic carbocycles. The van der Waals surface area contributed by atoms with Crippen LogP contribution in [0, 0.1) is 5.82 Å². The molecule has 24 heavy (non-hydrogen) atoms. The standard InChI is InChI=1S/C17H20FN3OS.ClH/c1-19-9-8-15(22)20-17-21-16(11-6-7-11)14(23-17)10-12-4-2-3-5-13(12)18;/h2-5,11,19H,6-10H2,1H3,(H,20,21,22);1H. The van der Waals surface area contributed by atoms with Crippen molar-refractivity contribution < 1.29 is 9.18 Å². The highest BCUT2D eigenvalue weighted by Crippen LogP contribution is 2.44. The van der Waals surface area contributed by atoms with E-state index < -0.39 is 0 Å². The van der Waals surface area contributed by atoms with Gasteiger partial charge in [-0.25, -0.2) is 9.37 Å². The third kappa shape index (κ3) is 4.75. The molecule has 1 aromatic carbocycles. The first-order valence-electron chi connectivity index (χ1n) is 7.85. The summed E-state index contributed by atoms with van der Waals surface area (Å²) in [5.41, 5.74) is 1.70. The number of amides is 1. The molecule has 7 heteroatoms. The lowest BCUT2D eigenvalue weighted by molar-refractivity contribution is -0.116. The number of benzene rings is 1. The number of carbonyl (C=O) groups is 1. The van der Waals surface area contributed by atoms with Crippen LogP contribution in [0.2, 0.25) is 0 Å². The van der Waals surface area contributed by atoms with Gasteiger partial charge in [0.1, 0.15) is 5.82 Å². The first-order chi connectivity index (χ1) is 11.2. The summed E-state index contributed by atoms with van der Waals surface area (Å²) < 4.78 is 13.9. The quantitative estimate of drug-likeness (QED) is 0.782. The van der Waals surface area contributed by atoms with Crippen LogP contribution < -0.4 is 10.6 Å². The number of hydrogen-bond acceptors (Lipinski definition) is 4. The second-order valence-electron chi connectivity index (χ2n) is 5.77. The van der Waals surface area contributed by atoms with Crippen LogP contribution in [0.1, 0.15) is 41.3 Å². The van der Waals surface area contributed by atoms with Crippen molar-refractivity contribution in [2.75, 3.05) is 18.9 Å². The molecule has 1 aliphatic rings. The van der Waals surface area contributed by atoms with Crippen LogP contribution in [0.15, 0.2) is 24.3 Å². The molecule has 0 aliphatic heterocycles. The van der Waals surface area contributed by atoms with Gasteiger partial charge in [0.25, 0.3) is 0 Å². The van der Waals surface area contributed by atoms with Crippen molar-refractivity contribution >= 4 is 34.8 Å². The van der Waals surface area contributed by atoms with Gasteiger partial charge >= 0.3 is 0 Å². The fraction of sp³-hybridized carbons (Fsp3) is 0.412. The number of halogens is 2. The van der Waals surface area contributed by atoms with Gasteiger partial charge in [0.15, 0.2) is 5.13 Å². The van der Waals surface area contributed by atoms with Crippen LogP contribution in [0.5, 0.6) is 0 Å². The van der Waals surface area contributed by atoms with Crippen molar-refractivity contribution in [2.24, 2.45) is 0 Å². The molecule has 4 nitrogen and oxygen atoms in total. The fourth-order valence-corrected chi connectivity index (χ4v) is 3.54. The Bertz CT molecular complexity index is 703. The number of rotatable bonds is 7. The number of nitrogens with zero attached hydrogens (tertiary/aromatic N) is 1. The third-order valence-electron chi connectivity index (χ3n) is 3.85. The summed E-state index contributed by atoms with van der Waals surface area (Å²) >= 11 is 1.46. The highest BCUT2D eigenvalue weighted by Gasteiger charge is 2.30. The van der Waals surface area contributed by atoms with Crippen molar-refractivity contribution in [1.29, 1.82) is 0 Å². The van der Waals surface area contributed by atoms with Gasteiger partial charge in [-0.15, -0.1) is 23.7 Å². The third-order valence-corrected chi connectivity index (χ3v) is 4.84. The Hall–Kier alpha value is -1.50. The van der Waals surface area contributed by atoms with E-state index in [-0.39, 0.29) is 24.1 Å². The summed E-state index contributed by atoms with van der Waals surface area (Å²) in [5, 5.41) is 6.43. The number of anilines is 1. The van der Waals surface area contributed by atoms with E-state index >= 15 is 0 Å². The number of carbonyl (C=O) groups excluding carboxylic acids is 1. The van der Waals surface area contributed by atoms with Gasteiger partial charge in [0, 0.05) is 30.2 Å². The first kappa shape index (κ1) is 18.8. The van der Waals surface area contributed by atoms with Crippen LogP contribution in [0.25, 0.3) is 0 Å². The Balaban J connectivity index is 0.00000208. The maximum absolute atomic E-state index is 13.9. The summed E-state index contributed by atoms with van der Waals surface area (Å²) in [6.07, 6.45) is 3.20. The Kier molecular flexibility index (Phi) is 6.71. The zero-order valence-corrected chi connectivity index (χ0v) is 15.1. The van der Waals surface area contributed by atoms with Crippen LogP contribution in [0.4, 0.5) is 9.52 Å². The Morgan fingerprint density at radius 1 is 1.38 bits per heavy atom. The molecule has 0 atom stereocenters. The average molecular weight is 370 g/mol. The van der Waals surface area contributed by atoms with Gasteiger partial charge in [-0.05, 0) is 31.5 Å². The van der Waals surface area contributed by atoms with E-state index in [1.54, 1.807) is 12.1 Å². The number of nitrogens with one attached hydrogen (secondary N) is 2. The van der Waals surface area contributed by atoms with Gasteiger partial charge in [0.2, 0.25) is 5.91 Å². The smallest absolute Gasteiger partial charge is 0.227 e. The molecular weight excluding hydrogens is 349 g/mol. The lowest BCUT2D eigenvalue weighted by Gasteiger charge is -2.02. The van der Waals surface area contributed by atoms with Gasteiger partial charge in [0.05, 0.1) is 5.69 Å². The van der Waals surface area contributed by atoms with E-state index in [1.807, 2.05) is 13.1 Å². The molecule has 0 bridgehead atoms. The van der Waals surface area contributed by atoms with E-state index in [9.17, 15) is 9.18 Å². The van der Waals surface area contributed by atoms with Crippen LogP contribution >= 0.6 is 23.7 Å². The Morgan fingerprint density at radius 3 is 2.79 bits per heavy atom. The van der Waals surface area contributed by atoms with Crippen molar-refractivity contribution in [3.63, 3.8) is 0 Å². The van der Waals surface area contributed by atoms with Crippen molar-refractivity contribution in [3.8, 4) is 0 Å². The van der Waals surface area contributed by atoms with E-state index in [0.29, 0.717) is 36.0 Å². The normalized spacial score (nSPS) is 13.4. The number of hydrogen-bond donors (Lipinski definition) is 2. The van der Waals surface area contributed by atoms with E-state index in [0.717, 1.165) is 23.4 Å². The highest BCUT2D eigenvalue weighted by molar-refractivity contribution is 7.15. The van der Waals surface area contributed by atoms with Gasteiger partial charge in [-0.3, -0.25) is 4.79 Å². The zero-order valence-electron chi connectivity index (χ0n) is 13.5. The lowest BCUT2D eigenvalue weighted by Crippen LogP contribution is -2.18. The summed E-state index contributed by atoms with van der Waals surface area (Å²) in [6.45, 7) is 0.634. The maximum atomic E-state index is 13.9. The average Bonchev–Trinajstić information content (AvgIpc) is 3.30. The van der Waals surface area contributed by atoms with Gasteiger partial charge < -0.3 is 10.6 Å². The van der Waals surface area contributed by atoms with E-state index in [4.69, 9.17) is 0 Å². The second kappa shape index (κ2) is 8.55.